The topological polar surface area (TPSA) is 45.1 Å². The Hall–Kier alpha value is -2.57. The van der Waals surface area contributed by atoms with Crippen LogP contribution in [0.3, 0.4) is 0 Å². The first-order valence-electron chi connectivity index (χ1n) is 10.5. The predicted octanol–water partition coefficient (Wildman–Crippen LogP) is 4.02. The van der Waals surface area contributed by atoms with Crippen molar-refractivity contribution < 1.29 is 9.53 Å². The highest BCUT2D eigenvalue weighted by Gasteiger charge is 2.34. The molecule has 0 radical (unpaired) electrons. The highest BCUT2D eigenvalue weighted by Crippen LogP contribution is 2.32. The number of hydrogen-bond acceptors (Lipinski definition) is 5. The third-order valence-corrected chi connectivity index (χ3v) is 6.94. The fraction of sp³-hybridized carbons (Fsp3) is 0.333. The molecule has 0 unspecified atom stereocenters. The van der Waals surface area contributed by atoms with E-state index in [9.17, 15) is 4.79 Å². The van der Waals surface area contributed by atoms with Crippen molar-refractivity contribution in [2.45, 2.75) is 25.5 Å². The van der Waals surface area contributed by atoms with Crippen LogP contribution in [0, 0.1) is 0 Å². The number of hydrogen-bond donors (Lipinski definition) is 0. The fourth-order valence-electron chi connectivity index (χ4n) is 4.25. The van der Waals surface area contributed by atoms with Crippen LogP contribution >= 0.6 is 11.8 Å². The van der Waals surface area contributed by atoms with Crippen molar-refractivity contribution in [3.05, 3.63) is 70.6 Å². The van der Waals surface area contributed by atoms with E-state index in [-0.39, 0.29) is 5.91 Å². The van der Waals surface area contributed by atoms with Gasteiger partial charge in [-0.05, 0) is 60.5 Å². The standard InChI is InChI=1S/C24H25N3O2S/c28-23-22(30-24(25-23)27-14-13-26-12-4-7-20(26)16-27)15-18-8-10-21(11-9-18)29-17-19-5-2-1-3-6-19/h1-3,5-6,8-11,15,20H,4,7,12-14,16-17H2/b22-15-/t20-/m1/s1. The number of amidine groups is 1. The summed E-state index contributed by atoms with van der Waals surface area (Å²) in [6, 6.07) is 18.6. The molecule has 0 bridgehead atoms. The van der Waals surface area contributed by atoms with Crippen LogP contribution in [0.2, 0.25) is 0 Å². The van der Waals surface area contributed by atoms with E-state index in [2.05, 4.69) is 14.8 Å². The van der Waals surface area contributed by atoms with Gasteiger partial charge in [0.15, 0.2) is 5.17 Å². The summed E-state index contributed by atoms with van der Waals surface area (Å²) in [6.07, 6.45) is 4.47. The molecule has 2 aromatic rings. The first kappa shape index (κ1) is 19.4. The van der Waals surface area contributed by atoms with Crippen LogP contribution in [-0.4, -0.2) is 53.1 Å². The molecule has 30 heavy (non-hydrogen) atoms. The van der Waals surface area contributed by atoms with Gasteiger partial charge in [0.25, 0.3) is 5.91 Å². The summed E-state index contributed by atoms with van der Waals surface area (Å²) < 4.78 is 5.84. The number of aliphatic imine (C=N–C) groups is 1. The van der Waals surface area contributed by atoms with Gasteiger partial charge in [0.1, 0.15) is 12.4 Å². The maximum atomic E-state index is 12.4. The number of amides is 1. The quantitative estimate of drug-likeness (QED) is 0.701. The number of rotatable bonds is 4. The number of carbonyl (C=O) groups is 1. The van der Waals surface area contributed by atoms with Gasteiger partial charge in [-0.2, -0.15) is 4.99 Å². The van der Waals surface area contributed by atoms with Gasteiger partial charge in [-0.3, -0.25) is 9.69 Å². The van der Waals surface area contributed by atoms with E-state index in [1.165, 1.54) is 31.1 Å². The molecular formula is C24H25N3O2S. The minimum absolute atomic E-state index is 0.131. The predicted molar refractivity (Wildman–Crippen MR) is 121 cm³/mol. The number of piperazine rings is 1. The van der Waals surface area contributed by atoms with Crippen molar-refractivity contribution in [2.24, 2.45) is 4.99 Å². The monoisotopic (exact) mass is 419 g/mol. The van der Waals surface area contributed by atoms with Crippen molar-refractivity contribution in [3.63, 3.8) is 0 Å². The normalized spacial score (nSPS) is 23.0. The van der Waals surface area contributed by atoms with Gasteiger partial charge in [0, 0.05) is 25.7 Å². The van der Waals surface area contributed by atoms with Crippen LogP contribution in [0.1, 0.15) is 24.0 Å². The molecule has 3 heterocycles. The average molecular weight is 420 g/mol. The largest absolute Gasteiger partial charge is 0.489 e. The minimum Gasteiger partial charge on any atom is -0.489 e. The Morgan fingerprint density at radius 2 is 1.90 bits per heavy atom. The van der Waals surface area contributed by atoms with Gasteiger partial charge in [-0.1, -0.05) is 42.5 Å². The zero-order valence-electron chi connectivity index (χ0n) is 16.9. The van der Waals surface area contributed by atoms with Gasteiger partial charge in [0.2, 0.25) is 0 Å². The molecule has 0 spiro atoms. The summed E-state index contributed by atoms with van der Waals surface area (Å²) >= 11 is 1.50. The second-order valence-corrected chi connectivity index (χ2v) is 8.94. The molecule has 2 fully saturated rings. The van der Waals surface area contributed by atoms with Crippen molar-refractivity contribution >= 4 is 28.9 Å². The molecular weight excluding hydrogens is 394 g/mol. The summed E-state index contributed by atoms with van der Waals surface area (Å²) in [5, 5.41) is 0.862. The first-order chi connectivity index (χ1) is 14.7. The summed E-state index contributed by atoms with van der Waals surface area (Å²) in [5.74, 6) is 0.686. The van der Waals surface area contributed by atoms with E-state index in [1.807, 2.05) is 60.7 Å². The van der Waals surface area contributed by atoms with Crippen LogP contribution in [0.5, 0.6) is 5.75 Å². The Morgan fingerprint density at radius 1 is 1.07 bits per heavy atom. The SMILES string of the molecule is O=C1N=C(N2CCN3CCC[C@@H]3C2)S/C1=C\c1ccc(OCc2ccccc2)cc1. The molecule has 0 saturated carbocycles. The van der Waals surface area contributed by atoms with Gasteiger partial charge in [0.05, 0.1) is 4.91 Å². The lowest BCUT2D eigenvalue weighted by Gasteiger charge is -2.38. The van der Waals surface area contributed by atoms with E-state index in [0.717, 1.165) is 41.7 Å². The number of carbonyl (C=O) groups excluding carboxylic acids is 1. The van der Waals surface area contributed by atoms with E-state index in [0.29, 0.717) is 17.6 Å². The molecule has 2 aromatic carbocycles. The van der Waals surface area contributed by atoms with Gasteiger partial charge < -0.3 is 9.64 Å². The van der Waals surface area contributed by atoms with Crippen LogP contribution in [0.15, 0.2) is 64.5 Å². The molecule has 3 aliphatic rings. The molecule has 154 valence electrons. The summed E-state index contributed by atoms with van der Waals surface area (Å²) in [6.45, 7) is 4.77. The molecule has 3 aliphatic heterocycles. The Kier molecular flexibility index (Phi) is 5.60. The summed E-state index contributed by atoms with van der Waals surface area (Å²) in [4.78, 5) is 22.3. The van der Waals surface area contributed by atoms with E-state index in [1.54, 1.807) is 0 Å². The van der Waals surface area contributed by atoms with Crippen molar-refractivity contribution in [1.82, 2.24) is 9.80 Å². The summed E-state index contributed by atoms with van der Waals surface area (Å²) in [5.41, 5.74) is 2.12. The molecule has 5 nitrogen and oxygen atoms in total. The highest BCUT2D eigenvalue weighted by atomic mass is 32.2. The Labute approximate surface area is 181 Å². The molecule has 0 aromatic heterocycles. The van der Waals surface area contributed by atoms with Crippen molar-refractivity contribution in [1.29, 1.82) is 0 Å². The van der Waals surface area contributed by atoms with Gasteiger partial charge in [-0.15, -0.1) is 0 Å². The average Bonchev–Trinajstić information content (AvgIpc) is 3.40. The molecule has 6 heteroatoms. The van der Waals surface area contributed by atoms with Crippen LogP contribution in [-0.2, 0) is 11.4 Å². The number of ether oxygens (including phenoxy) is 1. The molecule has 5 rings (SSSR count). The zero-order valence-corrected chi connectivity index (χ0v) is 17.7. The lowest BCUT2D eigenvalue weighted by atomic mass is 10.2. The van der Waals surface area contributed by atoms with Crippen LogP contribution in [0.4, 0.5) is 0 Å². The zero-order chi connectivity index (χ0) is 20.3. The third-order valence-electron chi connectivity index (χ3n) is 5.89. The number of benzene rings is 2. The lowest BCUT2D eigenvalue weighted by Crippen LogP contribution is -2.51. The lowest BCUT2D eigenvalue weighted by molar-refractivity contribution is -0.113. The van der Waals surface area contributed by atoms with E-state index >= 15 is 0 Å². The highest BCUT2D eigenvalue weighted by molar-refractivity contribution is 8.18. The molecule has 0 N–H and O–H groups in total. The Balaban J connectivity index is 1.20. The molecule has 1 amide bonds. The first-order valence-corrected chi connectivity index (χ1v) is 11.3. The fourth-order valence-corrected chi connectivity index (χ4v) is 5.20. The minimum atomic E-state index is -0.131. The number of thioether (sulfide) groups is 1. The second kappa shape index (κ2) is 8.66. The summed E-state index contributed by atoms with van der Waals surface area (Å²) in [7, 11) is 0. The Bertz CT molecular complexity index is 972. The third kappa shape index (κ3) is 4.30. The van der Waals surface area contributed by atoms with Crippen molar-refractivity contribution in [3.8, 4) is 5.75 Å². The maximum Gasteiger partial charge on any atom is 0.286 e. The van der Waals surface area contributed by atoms with Gasteiger partial charge in [-0.25, -0.2) is 0 Å². The van der Waals surface area contributed by atoms with Gasteiger partial charge >= 0.3 is 0 Å². The second-order valence-electron chi connectivity index (χ2n) is 7.93. The van der Waals surface area contributed by atoms with Crippen LogP contribution < -0.4 is 4.74 Å². The van der Waals surface area contributed by atoms with E-state index < -0.39 is 0 Å². The smallest absolute Gasteiger partial charge is 0.286 e. The molecule has 1 atom stereocenters. The molecule has 0 aliphatic carbocycles. The van der Waals surface area contributed by atoms with Crippen molar-refractivity contribution in [2.75, 3.05) is 26.2 Å². The van der Waals surface area contributed by atoms with E-state index in [4.69, 9.17) is 4.74 Å². The number of fused-ring (bicyclic) bond motifs is 1. The maximum absolute atomic E-state index is 12.4. The number of nitrogens with zero attached hydrogens (tertiary/aromatic N) is 3. The van der Waals surface area contributed by atoms with Crippen LogP contribution in [0.25, 0.3) is 6.08 Å². The molecule has 2 saturated heterocycles. The Morgan fingerprint density at radius 3 is 2.73 bits per heavy atom.